The largest absolute Gasteiger partial charge is 0.493 e. The van der Waals surface area contributed by atoms with Gasteiger partial charge in [-0.25, -0.2) is 0 Å². The number of ether oxygens (including phenoxy) is 10. The SMILES string of the molecule is [2H]c1c2c(c([2H])c(OC([2H])([2H])[2H])c1OC)C1CC(O)C(C([2H])([2H])C([2H])(C)C([2H])([2H])[2H])C([2H])([2H])N1CC2.[2H]c1c2c(c([2H])c(OC([2H])([2H])[2H])c1OC)C1CC(O)C(CC(C)C)C([2H])([2H])N1CC2.[2H]c1c2c(c([2H])c(OC)c1OC)C1CC(O)C(C([2H])([2H])C([2H])(C)C([2H])([2H])[2H])C([2H])([2H])N1CC2.[2H]c1c2c(c([2H])c(OC)c1OC)C1CC(O)C(C([2H])([2H])C([2H])(C)C([2H])([2H])[2H])C([2H])([2H])N1CC2.[2H]c1c2c(c([2H])c(OC)c1OC)C1CC(O)C(CC(C)C)C([2H])([2H])N1CC2. The highest BCUT2D eigenvalue weighted by molar-refractivity contribution is 5.54. The summed E-state index contributed by atoms with van der Waals surface area (Å²) < 4.78 is 415. The Kier molecular flexibility index (Phi) is 16.8. The molecule has 5 saturated heterocycles. The molecule has 640 valence electrons. The van der Waals surface area contributed by atoms with Crippen molar-refractivity contribution in [1.82, 2.24) is 24.5 Å². The molecule has 0 radical (unpaired) electrons. The number of benzene rings is 5. The van der Waals surface area contributed by atoms with Gasteiger partial charge in [-0.3, -0.25) is 24.5 Å². The van der Waals surface area contributed by atoms with E-state index in [1.54, 1.807) is 9.80 Å². The lowest BCUT2D eigenvalue weighted by molar-refractivity contribution is -0.0192. The molecule has 0 aromatic heterocycles. The third-order valence-corrected chi connectivity index (χ3v) is 22.2. The van der Waals surface area contributed by atoms with Gasteiger partial charge in [-0.1, -0.05) is 69.0 Å². The molecule has 18 unspecified atom stereocenters. The van der Waals surface area contributed by atoms with E-state index in [2.05, 4.69) is 0 Å². The Morgan fingerprint density at radius 3 is 0.713 bits per heavy atom. The van der Waals surface area contributed by atoms with Crippen molar-refractivity contribution in [3.8, 4) is 57.5 Å². The second-order valence-corrected chi connectivity index (χ2v) is 31.0. The lowest BCUT2D eigenvalue weighted by Crippen LogP contribution is -2.48. The van der Waals surface area contributed by atoms with Crippen molar-refractivity contribution in [2.24, 2.45) is 59.1 Å². The molecule has 0 bridgehead atoms. The van der Waals surface area contributed by atoms with Gasteiger partial charge in [-0.2, -0.15) is 0 Å². The van der Waals surface area contributed by atoms with Crippen LogP contribution in [0, 0.1) is 59.1 Å². The number of aliphatic hydroxyl groups excluding tert-OH is 5. The van der Waals surface area contributed by atoms with E-state index >= 15 is 0 Å². The summed E-state index contributed by atoms with van der Waals surface area (Å²) in [6, 6.07) is -4.76. The van der Waals surface area contributed by atoms with Gasteiger partial charge in [0.2, 0.25) is 0 Å². The summed E-state index contributed by atoms with van der Waals surface area (Å²) in [7, 11) is 4.93. The van der Waals surface area contributed by atoms with Crippen LogP contribution in [0.25, 0.3) is 0 Å². The van der Waals surface area contributed by atoms with Crippen LogP contribution in [0.2, 0.25) is 0 Å². The molecular formula is C95H145N5O15. The van der Waals surface area contributed by atoms with E-state index in [0.717, 1.165) is 20.8 Å². The smallest absolute Gasteiger partial charge is 0.161 e. The molecular weight excluding hydrogens is 1450 g/mol. The number of methoxy groups -OCH3 is 10. The van der Waals surface area contributed by atoms with Crippen molar-refractivity contribution in [1.29, 1.82) is 0 Å². The van der Waals surface area contributed by atoms with Gasteiger partial charge in [0.05, 0.1) is 123 Å². The van der Waals surface area contributed by atoms with E-state index in [1.165, 1.54) is 71.6 Å². The third-order valence-electron chi connectivity index (χ3n) is 22.2. The van der Waals surface area contributed by atoms with Gasteiger partial charge in [0.25, 0.3) is 0 Å². The number of hydrogen-bond donors (Lipinski definition) is 5. The summed E-state index contributed by atoms with van der Waals surface area (Å²) >= 11 is 0. The molecule has 20 nitrogen and oxygen atoms in total. The van der Waals surface area contributed by atoms with Gasteiger partial charge in [0.1, 0.15) is 0 Å². The molecule has 20 heteroatoms. The molecule has 0 saturated carbocycles. The van der Waals surface area contributed by atoms with Gasteiger partial charge in [-0.15, -0.1) is 0 Å². The fourth-order valence-electron chi connectivity index (χ4n) is 16.8. The van der Waals surface area contributed by atoms with Crippen LogP contribution < -0.4 is 47.4 Å². The maximum Gasteiger partial charge on any atom is 0.161 e. The van der Waals surface area contributed by atoms with Crippen LogP contribution in [0.15, 0.2) is 60.4 Å². The zero-order chi connectivity index (χ0) is 121. The molecule has 18 atom stereocenters. The molecule has 15 rings (SSSR count). The Bertz CT molecular complexity index is 5940. The first-order valence-electron chi connectivity index (χ1n) is 61.2. The second-order valence-electron chi connectivity index (χ2n) is 31.0. The summed E-state index contributed by atoms with van der Waals surface area (Å²) in [6.45, 7) is -8.98. The first kappa shape index (κ1) is 47.6. The molecule has 5 N–H and O–H groups in total. The fourth-order valence-corrected chi connectivity index (χ4v) is 16.8. The average molecular weight is 1640 g/mol. The number of rotatable bonds is 20. The Morgan fingerprint density at radius 1 is 0.330 bits per heavy atom. The number of nitrogens with zero attached hydrogens (tertiary/aromatic N) is 5. The topological polar surface area (TPSA) is 210 Å². The summed E-state index contributed by atoms with van der Waals surface area (Å²) in [4.78, 5) is 7.23. The lowest BCUT2D eigenvalue weighted by atomic mass is 9.79. The number of aliphatic hydroxyl groups is 5. The van der Waals surface area contributed by atoms with E-state index in [1.807, 2.05) is 27.7 Å². The normalized spacial score (nSPS) is 37.7. The quantitative estimate of drug-likeness (QED) is 0.0491. The minimum Gasteiger partial charge on any atom is -0.493 e. The molecule has 10 heterocycles. The highest BCUT2D eigenvalue weighted by Crippen LogP contribution is 2.50. The molecule has 0 aliphatic carbocycles. The Balaban J connectivity index is 0.000000188. The van der Waals surface area contributed by atoms with E-state index in [0.29, 0.717) is 89.7 Å². The summed E-state index contributed by atoms with van der Waals surface area (Å²) in [6.07, 6.45) is -13.5. The standard InChI is InChI=1S/5C19H29NO3/c5*1-12(2)7-14-11-20-6-5-13-8-18(22-3)19(23-4)9-15(13)16(20)10-17(14)21/h5*8-9,12,14,16-17,21H,5-7,10-11H2,1-4H3/i1D3,4D3,7D2,8D,9D,11D2,12D;2*1D3,7D2,8D,9D,11D2,12D;4D3,8D,9D,11D2;8D,9D,11D2. The molecule has 10 aliphatic rings. The van der Waals surface area contributed by atoms with Crippen molar-refractivity contribution in [2.45, 2.75) is 226 Å². The predicted molar refractivity (Wildman–Crippen MR) is 456 cm³/mol. The van der Waals surface area contributed by atoms with Crippen LogP contribution in [0.5, 0.6) is 57.5 Å². The van der Waals surface area contributed by atoms with E-state index in [4.69, 9.17) is 108 Å². The first-order valence-corrected chi connectivity index (χ1v) is 39.2. The van der Waals surface area contributed by atoms with Gasteiger partial charge in [0.15, 0.2) is 57.5 Å². The van der Waals surface area contributed by atoms with E-state index in [-0.39, 0.29) is 194 Å². The third kappa shape index (κ3) is 21.1. The second kappa shape index (κ2) is 40.6. The minimum atomic E-state index is -3.12. The van der Waals surface area contributed by atoms with Crippen molar-refractivity contribution >= 4 is 0 Å². The highest BCUT2D eigenvalue weighted by Gasteiger charge is 2.45. The van der Waals surface area contributed by atoms with Gasteiger partial charge in [0, 0.05) is 134 Å². The number of piperidine rings is 5. The fraction of sp³-hybridized carbons (Fsp3) is 0.684. The van der Waals surface area contributed by atoms with Crippen LogP contribution in [0.4, 0.5) is 0 Å². The number of hydrogen-bond acceptors (Lipinski definition) is 20. The molecule has 10 aliphatic heterocycles. The van der Waals surface area contributed by atoms with Crippen LogP contribution in [0.1, 0.15) is 279 Å². The molecule has 115 heavy (non-hydrogen) atoms. The Morgan fingerprint density at radius 2 is 0.522 bits per heavy atom. The van der Waals surface area contributed by atoms with Gasteiger partial charge >= 0.3 is 0 Å². The minimum absolute atomic E-state index is 0.00800. The van der Waals surface area contributed by atoms with E-state index < -0.39 is 206 Å². The Hall–Kier alpha value is -6.30. The molecule has 5 aromatic rings. The highest BCUT2D eigenvalue weighted by atomic mass is 16.5. The molecule has 0 spiro atoms. The predicted octanol–water partition coefficient (Wildman–Crippen LogP) is 15.1. The van der Waals surface area contributed by atoms with Crippen LogP contribution in [-0.2, 0) is 32.1 Å². The van der Waals surface area contributed by atoms with Crippen molar-refractivity contribution in [2.75, 3.05) is 136 Å². The molecule has 0 amide bonds. The van der Waals surface area contributed by atoms with Crippen molar-refractivity contribution in [3.63, 3.8) is 0 Å². The van der Waals surface area contributed by atoms with Gasteiger partial charge in [-0.05, 0) is 271 Å². The summed E-state index contributed by atoms with van der Waals surface area (Å²) in [5, 5.41) is 54.6. The maximum atomic E-state index is 11.0. The van der Waals surface area contributed by atoms with Crippen molar-refractivity contribution < 1.29 is 133 Å². The van der Waals surface area contributed by atoms with Crippen LogP contribution in [0.3, 0.4) is 0 Å². The molecule has 5 aromatic carbocycles. The number of fused-ring (bicyclic) bond motifs is 15. The first-order chi connectivity index (χ1) is 72.5. The van der Waals surface area contributed by atoms with E-state index in [9.17, 15) is 25.5 Å². The summed E-state index contributed by atoms with van der Waals surface area (Å²) in [5.74, 6) is -14.9. The summed E-state index contributed by atoms with van der Waals surface area (Å²) in [5.41, 5.74) is 4.03. The maximum absolute atomic E-state index is 11.0. The Labute approximate surface area is 751 Å². The van der Waals surface area contributed by atoms with Crippen molar-refractivity contribution in [3.05, 3.63) is 116 Å². The lowest BCUT2D eigenvalue weighted by Gasteiger charge is -2.46. The van der Waals surface area contributed by atoms with Gasteiger partial charge < -0.3 is 72.9 Å². The zero-order valence-corrected chi connectivity index (χ0v) is 68.4. The monoisotopic (exact) mass is 1640 g/mol. The average Bonchev–Trinajstić information content (AvgIpc) is 0.705. The van der Waals surface area contributed by atoms with Crippen LogP contribution in [-0.4, -0.2) is 217 Å². The molecule has 5 fully saturated rings. The van der Waals surface area contributed by atoms with Crippen LogP contribution >= 0.6 is 0 Å². The zero-order valence-electron chi connectivity index (χ0n) is 112.